The highest BCUT2D eigenvalue weighted by atomic mass is 28.3. The fourth-order valence-corrected chi connectivity index (χ4v) is 6.44. The van der Waals surface area contributed by atoms with Gasteiger partial charge in [0.25, 0.3) is 0 Å². The molecule has 3 rings (SSSR count). The van der Waals surface area contributed by atoms with Gasteiger partial charge in [0.2, 0.25) is 0 Å². The average Bonchev–Trinajstić information content (AvgIpc) is 2.82. The molecule has 1 unspecified atom stereocenters. The molecule has 1 heterocycles. The Bertz CT molecular complexity index is 568. The van der Waals surface area contributed by atoms with Crippen molar-refractivity contribution in [3.63, 3.8) is 0 Å². The van der Waals surface area contributed by atoms with Crippen molar-refractivity contribution >= 4 is 8.07 Å². The van der Waals surface area contributed by atoms with Crippen LogP contribution in [0.4, 0.5) is 13.2 Å². The Labute approximate surface area is 105 Å². The van der Waals surface area contributed by atoms with Crippen LogP contribution in [0.15, 0.2) is 58.4 Å². The number of halogens is 3. The van der Waals surface area contributed by atoms with Crippen LogP contribution in [0.25, 0.3) is 0 Å². The van der Waals surface area contributed by atoms with Gasteiger partial charge in [0.05, 0.1) is 13.6 Å². The zero-order valence-electron chi connectivity index (χ0n) is 10.2. The minimum Gasteiger partial charge on any atom is -0.166 e. The molecular formula is C14H13F3Si. The van der Waals surface area contributed by atoms with Crippen LogP contribution in [0, 0.1) is 0 Å². The van der Waals surface area contributed by atoms with Crippen LogP contribution in [-0.2, 0) is 0 Å². The first-order chi connectivity index (χ1) is 8.32. The molecule has 0 spiro atoms. The third-order valence-corrected chi connectivity index (χ3v) is 7.92. The molecule has 2 aliphatic carbocycles. The van der Waals surface area contributed by atoms with Crippen molar-refractivity contribution in [2.45, 2.75) is 24.8 Å². The maximum atomic E-state index is 12.8. The Morgan fingerprint density at radius 2 is 1.89 bits per heavy atom. The molecule has 0 saturated carbocycles. The summed E-state index contributed by atoms with van der Waals surface area (Å²) in [5.41, 5.74) is 1.55. The highest BCUT2D eigenvalue weighted by molar-refractivity contribution is 6.89. The van der Waals surface area contributed by atoms with E-state index in [-0.39, 0.29) is 5.54 Å². The lowest BCUT2D eigenvalue weighted by Gasteiger charge is -2.27. The molecule has 0 radical (unpaired) electrons. The van der Waals surface area contributed by atoms with E-state index in [0.29, 0.717) is 0 Å². The molecular weight excluding hydrogens is 253 g/mol. The van der Waals surface area contributed by atoms with Gasteiger partial charge in [-0.05, 0) is 17.2 Å². The minimum absolute atomic E-state index is 0.190. The van der Waals surface area contributed by atoms with Crippen LogP contribution in [0.1, 0.15) is 0 Å². The minimum atomic E-state index is -4.25. The van der Waals surface area contributed by atoms with Crippen molar-refractivity contribution in [1.82, 2.24) is 0 Å². The molecule has 1 atom stereocenters. The predicted molar refractivity (Wildman–Crippen MR) is 68.8 cm³/mol. The molecule has 94 valence electrons. The first-order valence-electron chi connectivity index (χ1n) is 5.92. The van der Waals surface area contributed by atoms with Gasteiger partial charge in [-0.1, -0.05) is 48.7 Å². The second-order valence-corrected chi connectivity index (χ2v) is 10.1. The molecule has 0 N–H and O–H groups in total. The third-order valence-electron chi connectivity index (χ3n) is 4.04. The van der Waals surface area contributed by atoms with Crippen molar-refractivity contribution in [3.05, 3.63) is 58.4 Å². The summed E-state index contributed by atoms with van der Waals surface area (Å²) in [6.07, 6.45) is 6.05. The van der Waals surface area contributed by atoms with Crippen molar-refractivity contribution in [2.24, 2.45) is 0 Å². The smallest absolute Gasteiger partial charge is 0.166 e. The first kappa shape index (κ1) is 11.8. The van der Waals surface area contributed by atoms with E-state index in [0.717, 1.165) is 11.1 Å². The molecule has 0 aromatic heterocycles. The SMILES string of the molecule is C[Si]1(C)C2=CC=CC2=C2C=C(C(F)(F)F)C=CC21. The first-order valence-corrected chi connectivity index (χ1v) is 9.00. The summed E-state index contributed by atoms with van der Waals surface area (Å²) in [6, 6.07) is 0. The monoisotopic (exact) mass is 266 g/mol. The number of hydrogen-bond donors (Lipinski definition) is 0. The number of fused-ring (bicyclic) bond motifs is 2. The summed E-state index contributed by atoms with van der Waals surface area (Å²) < 4.78 is 38.3. The van der Waals surface area contributed by atoms with Crippen molar-refractivity contribution in [3.8, 4) is 0 Å². The number of alkyl halides is 3. The lowest BCUT2D eigenvalue weighted by Crippen LogP contribution is -2.31. The maximum Gasteiger partial charge on any atom is 0.416 e. The molecule has 0 amide bonds. The van der Waals surface area contributed by atoms with E-state index in [1.54, 1.807) is 6.08 Å². The average molecular weight is 266 g/mol. The Balaban J connectivity index is 2.15. The Hall–Kier alpha value is -1.29. The van der Waals surface area contributed by atoms with Crippen molar-refractivity contribution < 1.29 is 13.2 Å². The molecule has 3 aliphatic rings. The van der Waals surface area contributed by atoms with Gasteiger partial charge in [-0.25, -0.2) is 0 Å². The second-order valence-electron chi connectivity index (χ2n) is 5.46. The largest absolute Gasteiger partial charge is 0.416 e. The number of allylic oxidation sites excluding steroid dienone is 10. The van der Waals surface area contributed by atoms with Crippen LogP contribution in [0.2, 0.25) is 18.6 Å². The van der Waals surface area contributed by atoms with Crippen LogP contribution < -0.4 is 0 Å². The lowest BCUT2D eigenvalue weighted by atomic mass is 9.97. The van der Waals surface area contributed by atoms with Crippen molar-refractivity contribution in [1.29, 1.82) is 0 Å². The Morgan fingerprint density at radius 3 is 2.56 bits per heavy atom. The van der Waals surface area contributed by atoms with Gasteiger partial charge < -0.3 is 0 Å². The van der Waals surface area contributed by atoms with Crippen LogP contribution in [0.3, 0.4) is 0 Å². The summed E-state index contributed by atoms with van der Waals surface area (Å²) in [6.45, 7) is 4.44. The lowest BCUT2D eigenvalue weighted by molar-refractivity contribution is -0.0883. The standard InChI is InChI=1S/C14H13F3Si/c1-18(2)12-5-3-4-10(12)11-8-9(14(15,16)17)6-7-13(11)18/h3-8,13H,1-2H3. The number of hydrogen-bond acceptors (Lipinski definition) is 0. The van der Waals surface area contributed by atoms with Gasteiger partial charge >= 0.3 is 6.18 Å². The van der Waals surface area contributed by atoms with E-state index in [1.807, 2.05) is 12.2 Å². The predicted octanol–water partition coefficient (Wildman–Crippen LogP) is 4.47. The fourth-order valence-electron chi connectivity index (χ4n) is 3.06. The van der Waals surface area contributed by atoms with Gasteiger partial charge in [-0.2, -0.15) is 13.2 Å². The van der Waals surface area contributed by atoms with Crippen LogP contribution in [0.5, 0.6) is 0 Å². The van der Waals surface area contributed by atoms with E-state index >= 15 is 0 Å². The molecule has 1 aliphatic heterocycles. The summed E-state index contributed by atoms with van der Waals surface area (Å²) >= 11 is 0. The fraction of sp³-hybridized carbons (Fsp3) is 0.286. The molecule has 0 bridgehead atoms. The zero-order valence-corrected chi connectivity index (χ0v) is 11.2. The molecule has 4 heteroatoms. The number of rotatable bonds is 0. The molecule has 0 saturated heterocycles. The molecule has 0 aromatic rings. The van der Waals surface area contributed by atoms with Gasteiger partial charge in [-0.15, -0.1) is 0 Å². The normalized spacial score (nSPS) is 28.2. The van der Waals surface area contributed by atoms with E-state index in [4.69, 9.17) is 0 Å². The van der Waals surface area contributed by atoms with Crippen LogP contribution >= 0.6 is 0 Å². The highest BCUT2D eigenvalue weighted by Gasteiger charge is 2.47. The molecule has 0 nitrogen and oxygen atoms in total. The van der Waals surface area contributed by atoms with Gasteiger partial charge in [0.15, 0.2) is 0 Å². The Morgan fingerprint density at radius 1 is 1.17 bits per heavy atom. The highest BCUT2D eigenvalue weighted by Crippen LogP contribution is 2.53. The van der Waals surface area contributed by atoms with E-state index in [2.05, 4.69) is 19.2 Å². The summed E-state index contributed by atoms with van der Waals surface area (Å²) in [5, 5.41) is 1.28. The van der Waals surface area contributed by atoms with E-state index < -0.39 is 19.8 Å². The van der Waals surface area contributed by atoms with Crippen LogP contribution in [-0.4, -0.2) is 14.3 Å². The third kappa shape index (κ3) is 1.45. The van der Waals surface area contributed by atoms with Gasteiger partial charge in [0.1, 0.15) is 0 Å². The summed E-state index contributed by atoms with van der Waals surface area (Å²) in [4.78, 5) is 0. The van der Waals surface area contributed by atoms with Gasteiger partial charge in [0, 0.05) is 5.54 Å². The molecule has 0 fully saturated rings. The molecule has 0 aromatic carbocycles. The maximum absolute atomic E-state index is 12.8. The quantitative estimate of drug-likeness (QED) is 0.567. The zero-order chi connectivity index (χ0) is 13.1. The summed E-state index contributed by atoms with van der Waals surface area (Å²) in [7, 11) is -1.70. The second kappa shape index (κ2) is 3.38. The Kier molecular flexibility index (Phi) is 2.21. The molecule has 18 heavy (non-hydrogen) atoms. The topological polar surface area (TPSA) is 0 Å². The van der Waals surface area contributed by atoms with E-state index in [9.17, 15) is 13.2 Å². The van der Waals surface area contributed by atoms with Crippen molar-refractivity contribution in [2.75, 3.05) is 0 Å². The van der Waals surface area contributed by atoms with E-state index in [1.165, 1.54) is 17.3 Å². The summed E-state index contributed by atoms with van der Waals surface area (Å²) in [5.74, 6) is 0. The van der Waals surface area contributed by atoms with Gasteiger partial charge in [-0.3, -0.25) is 0 Å².